The summed E-state index contributed by atoms with van der Waals surface area (Å²) in [4.78, 5) is 51.6. The number of ether oxygens (including phenoxy) is 3. The Morgan fingerprint density at radius 3 is 2.43 bits per heavy atom. The average molecular weight is 505 g/mol. The van der Waals surface area contributed by atoms with Crippen molar-refractivity contribution >= 4 is 40.7 Å². The molecule has 0 unspecified atom stereocenters. The Balaban J connectivity index is 1.50. The monoisotopic (exact) mass is 505 g/mol. The lowest BCUT2D eigenvalue weighted by Gasteiger charge is -2.33. The van der Waals surface area contributed by atoms with Crippen molar-refractivity contribution in [1.82, 2.24) is 0 Å². The van der Waals surface area contributed by atoms with Crippen LogP contribution in [0, 0.1) is 0 Å². The Labute approximate surface area is 211 Å². The van der Waals surface area contributed by atoms with Gasteiger partial charge in [0.15, 0.2) is 11.5 Å². The summed E-state index contributed by atoms with van der Waals surface area (Å²) < 4.78 is 21.4. The number of hydrogen-bond acceptors (Lipinski definition) is 10. The van der Waals surface area contributed by atoms with Gasteiger partial charge in [-0.15, -0.1) is 0 Å². The summed E-state index contributed by atoms with van der Waals surface area (Å²) >= 11 is 0. The molecule has 0 spiro atoms. The van der Waals surface area contributed by atoms with Crippen LogP contribution in [0.15, 0.2) is 62.9 Å². The molecule has 2 heterocycles. The first-order valence-corrected chi connectivity index (χ1v) is 11.2. The van der Waals surface area contributed by atoms with Gasteiger partial charge in [-0.05, 0) is 49.8 Å². The number of carbonyl (C=O) groups excluding carboxylic acids is 3. The summed E-state index contributed by atoms with van der Waals surface area (Å²) in [5.74, 6) is -1.25. The summed E-state index contributed by atoms with van der Waals surface area (Å²) in [6.45, 7) is 6.00. The summed E-state index contributed by atoms with van der Waals surface area (Å²) in [6, 6.07) is 11.0. The van der Waals surface area contributed by atoms with Crippen molar-refractivity contribution < 1.29 is 37.8 Å². The zero-order valence-corrected chi connectivity index (χ0v) is 20.5. The minimum Gasteiger partial charge on any atom is -0.481 e. The predicted octanol–water partition coefficient (Wildman–Crippen LogP) is 3.97. The van der Waals surface area contributed by atoms with Gasteiger partial charge in [0, 0.05) is 49.4 Å². The standard InChI is InChI=1S/C27H23NO9/c1-15(29)33-20-8-5-17(11-23(20)34-16(2)30)6-9-26(32)37-28-24-13-19-12-18-7-10-25(31)35-21(18)14-22(19)36-27(24,3)4/h5-12,14H,13H2,1-4H3. The Morgan fingerprint density at radius 1 is 0.973 bits per heavy atom. The second-order valence-corrected chi connectivity index (χ2v) is 8.72. The van der Waals surface area contributed by atoms with E-state index < -0.39 is 29.1 Å². The van der Waals surface area contributed by atoms with Gasteiger partial charge < -0.3 is 23.5 Å². The molecule has 2 aromatic carbocycles. The van der Waals surface area contributed by atoms with Gasteiger partial charge >= 0.3 is 23.5 Å². The normalized spacial score (nSPS) is 15.2. The van der Waals surface area contributed by atoms with Crippen molar-refractivity contribution in [1.29, 1.82) is 0 Å². The third kappa shape index (κ3) is 6.10. The van der Waals surface area contributed by atoms with Gasteiger partial charge in [0.1, 0.15) is 22.6 Å². The molecule has 0 N–H and O–H groups in total. The number of nitrogens with zero attached hydrogens (tertiary/aromatic N) is 1. The third-order valence-electron chi connectivity index (χ3n) is 5.35. The highest BCUT2D eigenvalue weighted by atomic mass is 16.7. The van der Waals surface area contributed by atoms with E-state index in [-0.39, 0.29) is 11.5 Å². The van der Waals surface area contributed by atoms with Crippen molar-refractivity contribution in [2.45, 2.75) is 39.7 Å². The SMILES string of the molecule is CC(=O)Oc1ccc(C=CC(=O)ON=C2Cc3cc4ccc(=O)oc4cc3OC2(C)C)cc1OC(C)=O. The number of carbonyl (C=O) groups is 3. The first kappa shape index (κ1) is 25.4. The highest BCUT2D eigenvalue weighted by Crippen LogP contribution is 2.35. The molecule has 3 aromatic rings. The van der Waals surface area contributed by atoms with Crippen LogP contribution in [0.3, 0.4) is 0 Å². The van der Waals surface area contributed by atoms with Gasteiger partial charge in [-0.1, -0.05) is 11.2 Å². The largest absolute Gasteiger partial charge is 0.481 e. The lowest BCUT2D eigenvalue weighted by molar-refractivity contribution is -0.138. The van der Waals surface area contributed by atoms with Crippen LogP contribution in [0.1, 0.15) is 38.8 Å². The Morgan fingerprint density at radius 2 is 1.70 bits per heavy atom. The summed E-state index contributed by atoms with van der Waals surface area (Å²) in [5, 5.41) is 4.77. The zero-order chi connectivity index (χ0) is 26.7. The van der Waals surface area contributed by atoms with E-state index in [0.29, 0.717) is 29.0 Å². The molecule has 0 amide bonds. The van der Waals surface area contributed by atoms with E-state index in [2.05, 4.69) is 5.16 Å². The Kier molecular flexibility index (Phi) is 6.92. The zero-order valence-electron chi connectivity index (χ0n) is 20.5. The fraction of sp³-hybridized carbons (Fsp3) is 0.222. The lowest BCUT2D eigenvalue weighted by Crippen LogP contribution is -2.43. The second kappa shape index (κ2) is 10.1. The van der Waals surface area contributed by atoms with Crippen LogP contribution in [0.5, 0.6) is 17.2 Å². The maximum absolute atomic E-state index is 12.3. The molecule has 0 radical (unpaired) electrons. The smallest absolute Gasteiger partial charge is 0.358 e. The van der Waals surface area contributed by atoms with Crippen LogP contribution < -0.4 is 19.8 Å². The number of fused-ring (bicyclic) bond motifs is 2. The fourth-order valence-electron chi connectivity index (χ4n) is 3.64. The first-order valence-electron chi connectivity index (χ1n) is 11.2. The van der Waals surface area contributed by atoms with E-state index in [4.69, 9.17) is 23.5 Å². The van der Waals surface area contributed by atoms with Crippen LogP contribution in [0.4, 0.5) is 0 Å². The van der Waals surface area contributed by atoms with E-state index in [1.807, 2.05) is 6.07 Å². The van der Waals surface area contributed by atoms with Crippen LogP contribution in [-0.2, 0) is 25.6 Å². The molecular weight excluding hydrogens is 482 g/mol. The van der Waals surface area contributed by atoms with Crippen LogP contribution >= 0.6 is 0 Å². The molecule has 0 saturated carbocycles. The van der Waals surface area contributed by atoms with E-state index in [1.165, 1.54) is 38.1 Å². The predicted molar refractivity (Wildman–Crippen MR) is 133 cm³/mol. The van der Waals surface area contributed by atoms with E-state index in [1.54, 1.807) is 32.0 Å². The van der Waals surface area contributed by atoms with E-state index >= 15 is 0 Å². The third-order valence-corrected chi connectivity index (χ3v) is 5.35. The molecule has 37 heavy (non-hydrogen) atoms. The molecular formula is C27H23NO9. The van der Waals surface area contributed by atoms with Gasteiger partial charge in [0.25, 0.3) is 0 Å². The number of hydrogen-bond donors (Lipinski definition) is 0. The first-order chi connectivity index (χ1) is 17.5. The second-order valence-electron chi connectivity index (χ2n) is 8.72. The fourth-order valence-corrected chi connectivity index (χ4v) is 3.64. The van der Waals surface area contributed by atoms with Crippen molar-refractivity contribution in [3.8, 4) is 17.2 Å². The molecule has 1 aliphatic rings. The maximum atomic E-state index is 12.3. The van der Waals surface area contributed by atoms with Crippen molar-refractivity contribution in [2.24, 2.45) is 5.16 Å². The van der Waals surface area contributed by atoms with Crippen LogP contribution in [0.2, 0.25) is 0 Å². The summed E-state index contributed by atoms with van der Waals surface area (Å²) in [7, 11) is 0. The molecule has 10 nitrogen and oxygen atoms in total. The van der Waals surface area contributed by atoms with Crippen LogP contribution in [0.25, 0.3) is 17.0 Å². The molecule has 190 valence electrons. The molecule has 0 aliphatic carbocycles. The molecule has 1 aliphatic heterocycles. The minimum absolute atomic E-state index is 0.0324. The number of rotatable bonds is 5. The molecule has 10 heteroatoms. The van der Waals surface area contributed by atoms with Gasteiger partial charge in [-0.25, -0.2) is 9.59 Å². The number of esters is 2. The number of oxime groups is 1. The Bertz CT molecular complexity index is 1530. The topological polar surface area (TPSA) is 131 Å². The van der Waals surface area contributed by atoms with Gasteiger partial charge in [-0.3, -0.25) is 9.59 Å². The number of benzene rings is 2. The molecule has 0 saturated heterocycles. The Hall–Kier alpha value is -4.73. The van der Waals surface area contributed by atoms with Gasteiger partial charge in [0.05, 0.1) is 0 Å². The highest BCUT2D eigenvalue weighted by molar-refractivity contribution is 5.97. The average Bonchev–Trinajstić information content (AvgIpc) is 2.80. The highest BCUT2D eigenvalue weighted by Gasteiger charge is 2.34. The molecule has 0 atom stereocenters. The molecule has 0 fully saturated rings. The van der Waals surface area contributed by atoms with Crippen molar-refractivity contribution in [2.75, 3.05) is 0 Å². The lowest BCUT2D eigenvalue weighted by atomic mass is 9.91. The van der Waals surface area contributed by atoms with Crippen molar-refractivity contribution in [3.05, 3.63) is 70.1 Å². The quantitative estimate of drug-likeness (QED) is 0.126. The van der Waals surface area contributed by atoms with Gasteiger partial charge in [-0.2, -0.15) is 0 Å². The summed E-state index contributed by atoms with van der Waals surface area (Å²) in [5.41, 5.74) is 0.860. The summed E-state index contributed by atoms with van der Waals surface area (Å²) in [6.07, 6.45) is 2.95. The van der Waals surface area contributed by atoms with Crippen molar-refractivity contribution in [3.63, 3.8) is 0 Å². The maximum Gasteiger partial charge on any atom is 0.358 e. The minimum atomic E-state index is -0.884. The molecule has 1 aromatic heterocycles. The van der Waals surface area contributed by atoms with Gasteiger partial charge in [0.2, 0.25) is 0 Å². The van der Waals surface area contributed by atoms with Crippen LogP contribution in [-0.4, -0.2) is 29.2 Å². The van der Waals surface area contributed by atoms with E-state index in [0.717, 1.165) is 17.0 Å². The molecule has 4 rings (SSSR count). The molecule has 0 bridgehead atoms. The van der Waals surface area contributed by atoms with E-state index in [9.17, 15) is 19.2 Å².